The number of carbonyl (C=O) groups excluding carboxylic acids is 1. The Hall–Kier alpha value is -1.36. The van der Waals surface area contributed by atoms with Gasteiger partial charge in [0.25, 0.3) is 0 Å². The van der Waals surface area contributed by atoms with E-state index >= 15 is 0 Å². The van der Waals surface area contributed by atoms with Crippen molar-refractivity contribution in [2.75, 3.05) is 26.0 Å². The van der Waals surface area contributed by atoms with E-state index in [1.165, 1.54) is 0 Å². The third-order valence-electron chi connectivity index (χ3n) is 1.42. The third kappa shape index (κ3) is 3.25. The predicted octanol–water partition coefficient (Wildman–Crippen LogP) is 0.218. The summed E-state index contributed by atoms with van der Waals surface area (Å²) in [6.07, 6.45) is 1.67. The number of aryl methyl sites for hydroxylation is 1. The summed E-state index contributed by atoms with van der Waals surface area (Å²) in [5, 5.41) is 2.65. The Balaban J connectivity index is 2.45. The normalized spacial score (nSPS) is 10.5. The molecule has 0 aliphatic rings. The van der Waals surface area contributed by atoms with Crippen LogP contribution in [0.3, 0.4) is 0 Å². The Bertz CT molecular complexity index is 292. The molecule has 0 unspecified atom stereocenters. The standard InChI is InChI=1S/C8H14N4O/c1-6-4-9-8(10-6)11-7(13)5-12(2)3/h4H,5H2,1-3H3,(H2,9,10,11,13). The number of aromatic nitrogens is 2. The molecule has 0 saturated carbocycles. The first-order valence-electron chi connectivity index (χ1n) is 4.04. The van der Waals surface area contributed by atoms with Crippen LogP contribution in [0.1, 0.15) is 5.69 Å². The summed E-state index contributed by atoms with van der Waals surface area (Å²) < 4.78 is 0. The summed E-state index contributed by atoms with van der Waals surface area (Å²) in [7, 11) is 3.68. The number of nitrogens with one attached hydrogen (secondary N) is 2. The SMILES string of the molecule is Cc1cnc(NC(=O)CN(C)C)[nH]1. The van der Waals surface area contributed by atoms with Crippen molar-refractivity contribution in [3.8, 4) is 0 Å². The van der Waals surface area contributed by atoms with E-state index in [2.05, 4.69) is 15.3 Å². The lowest BCUT2D eigenvalue weighted by molar-refractivity contribution is -0.116. The molecule has 0 saturated heterocycles. The molecule has 5 nitrogen and oxygen atoms in total. The lowest BCUT2D eigenvalue weighted by Gasteiger charge is -2.07. The molecule has 1 heterocycles. The van der Waals surface area contributed by atoms with Gasteiger partial charge in [-0.15, -0.1) is 0 Å². The second-order valence-corrected chi connectivity index (χ2v) is 3.20. The molecule has 2 N–H and O–H groups in total. The zero-order chi connectivity index (χ0) is 9.84. The van der Waals surface area contributed by atoms with Crippen molar-refractivity contribution in [1.29, 1.82) is 0 Å². The first-order valence-corrected chi connectivity index (χ1v) is 4.04. The van der Waals surface area contributed by atoms with E-state index in [4.69, 9.17) is 0 Å². The largest absolute Gasteiger partial charge is 0.328 e. The lowest BCUT2D eigenvalue weighted by atomic mass is 10.5. The monoisotopic (exact) mass is 182 g/mol. The summed E-state index contributed by atoms with van der Waals surface area (Å²) in [6, 6.07) is 0. The summed E-state index contributed by atoms with van der Waals surface area (Å²) in [4.78, 5) is 19.9. The summed E-state index contributed by atoms with van der Waals surface area (Å²) in [6.45, 7) is 2.24. The molecule has 0 spiro atoms. The topological polar surface area (TPSA) is 61.0 Å². The molecule has 1 aromatic heterocycles. The summed E-state index contributed by atoms with van der Waals surface area (Å²) in [5.41, 5.74) is 0.931. The number of imidazole rings is 1. The molecule has 0 bridgehead atoms. The van der Waals surface area contributed by atoms with Crippen LogP contribution >= 0.6 is 0 Å². The van der Waals surface area contributed by atoms with Crippen molar-refractivity contribution in [2.45, 2.75) is 6.92 Å². The zero-order valence-electron chi connectivity index (χ0n) is 8.09. The lowest BCUT2D eigenvalue weighted by Crippen LogP contribution is -2.27. The molecule has 0 fully saturated rings. The minimum absolute atomic E-state index is 0.0700. The summed E-state index contributed by atoms with van der Waals surface area (Å²) in [5.74, 6) is 0.434. The molecule has 5 heteroatoms. The highest BCUT2D eigenvalue weighted by atomic mass is 16.2. The first kappa shape index (κ1) is 9.73. The molecular formula is C8H14N4O. The molecular weight excluding hydrogens is 168 g/mol. The van der Waals surface area contributed by atoms with Crippen molar-refractivity contribution in [1.82, 2.24) is 14.9 Å². The van der Waals surface area contributed by atoms with Gasteiger partial charge in [-0.3, -0.25) is 10.1 Å². The number of aromatic amines is 1. The molecule has 13 heavy (non-hydrogen) atoms. The number of nitrogens with zero attached hydrogens (tertiary/aromatic N) is 2. The Morgan fingerprint density at radius 2 is 2.38 bits per heavy atom. The number of carbonyl (C=O) groups is 1. The summed E-state index contributed by atoms with van der Waals surface area (Å²) >= 11 is 0. The highest BCUT2D eigenvalue weighted by molar-refractivity contribution is 5.90. The Morgan fingerprint density at radius 3 is 2.85 bits per heavy atom. The number of hydrogen-bond donors (Lipinski definition) is 2. The van der Waals surface area contributed by atoms with E-state index in [1.54, 1.807) is 11.1 Å². The second kappa shape index (κ2) is 4.04. The van der Waals surface area contributed by atoms with Gasteiger partial charge in [-0.25, -0.2) is 4.98 Å². The molecule has 0 radical (unpaired) electrons. The predicted molar refractivity (Wildman–Crippen MR) is 50.5 cm³/mol. The number of rotatable bonds is 3. The van der Waals surface area contributed by atoms with Gasteiger partial charge in [0.15, 0.2) is 0 Å². The van der Waals surface area contributed by atoms with Crippen LogP contribution < -0.4 is 5.32 Å². The van der Waals surface area contributed by atoms with Crippen LogP contribution in [-0.2, 0) is 4.79 Å². The Labute approximate surface area is 77.2 Å². The van der Waals surface area contributed by atoms with Gasteiger partial charge in [-0.1, -0.05) is 0 Å². The van der Waals surface area contributed by atoms with Crippen molar-refractivity contribution >= 4 is 11.9 Å². The average Bonchev–Trinajstić information content (AvgIpc) is 2.33. The smallest absolute Gasteiger partial charge is 0.240 e. The first-order chi connectivity index (χ1) is 6.08. The van der Waals surface area contributed by atoms with Gasteiger partial charge in [0.05, 0.1) is 6.54 Å². The Morgan fingerprint density at radius 1 is 1.69 bits per heavy atom. The van der Waals surface area contributed by atoms with Gasteiger partial charge in [-0.05, 0) is 21.0 Å². The maximum Gasteiger partial charge on any atom is 0.240 e. The van der Waals surface area contributed by atoms with E-state index in [9.17, 15) is 4.79 Å². The van der Waals surface area contributed by atoms with Gasteiger partial charge in [0, 0.05) is 11.9 Å². The number of H-pyrrole nitrogens is 1. The van der Waals surface area contributed by atoms with Gasteiger partial charge >= 0.3 is 0 Å². The molecule has 0 atom stereocenters. The van der Waals surface area contributed by atoms with E-state index in [-0.39, 0.29) is 5.91 Å². The van der Waals surface area contributed by atoms with Crippen LogP contribution in [0.2, 0.25) is 0 Å². The molecule has 1 amide bonds. The number of likely N-dealkylation sites (N-methyl/N-ethyl adjacent to an activating group) is 1. The highest BCUT2D eigenvalue weighted by Crippen LogP contribution is 1.99. The van der Waals surface area contributed by atoms with Crippen LogP contribution in [0.4, 0.5) is 5.95 Å². The van der Waals surface area contributed by atoms with Crippen LogP contribution in [0.5, 0.6) is 0 Å². The molecule has 1 rings (SSSR count). The van der Waals surface area contributed by atoms with Gasteiger partial charge in [0.2, 0.25) is 11.9 Å². The van der Waals surface area contributed by atoms with Crippen LogP contribution in [0.15, 0.2) is 6.20 Å². The minimum atomic E-state index is -0.0700. The Kier molecular flexibility index (Phi) is 3.02. The fourth-order valence-corrected chi connectivity index (χ4v) is 0.935. The number of anilines is 1. The van der Waals surface area contributed by atoms with E-state index in [0.717, 1.165) is 5.69 Å². The average molecular weight is 182 g/mol. The molecule has 0 aliphatic heterocycles. The quantitative estimate of drug-likeness (QED) is 0.703. The van der Waals surface area contributed by atoms with Crippen LogP contribution in [0.25, 0.3) is 0 Å². The van der Waals surface area contributed by atoms with E-state index in [1.807, 2.05) is 21.0 Å². The fraction of sp³-hybridized carbons (Fsp3) is 0.500. The van der Waals surface area contributed by atoms with E-state index < -0.39 is 0 Å². The van der Waals surface area contributed by atoms with Crippen molar-refractivity contribution < 1.29 is 4.79 Å². The number of hydrogen-bond acceptors (Lipinski definition) is 3. The maximum atomic E-state index is 11.2. The number of amides is 1. The van der Waals surface area contributed by atoms with Gasteiger partial charge in [0.1, 0.15) is 0 Å². The van der Waals surface area contributed by atoms with Gasteiger partial charge < -0.3 is 9.88 Å². The molecule has 72 valence electrons. The molecule has 0 aliphatic carbocycles. The highest BCUT2D eigenvalue weighted by Gasteiger charge is 2.04. The van der Waals surface area contributed by atoms with Crippen molar-refractivity contribution in [3.05, 3.63) is 11.9 Å². The van der Waals surface area contributed by atoms with Crippen LogP contribution in [0, 0.1) is 6.92 Å². The maximum absolute atomic E-state index is 11.2. The molecule has 0 aromatic carbocycles. The second-order valence-electron chi connectivity index (χ2n) is 3.20. The fourth-order valence-electron chi connectivity index (χ4n) is 0.935. The van der Waals surface area contributed by atoms with Crippen molar-refractivity contribution in [3.63, 3.8) is 0 Å². The molecule has 1 aromatic rings. The van der Waals surface area contributed by atoms with Crippen molar-refractivity contribution in [2.24, 2.45) is 0 Å². The zero-order valence-corrected chi connectivity index (χ0v) is 8.09. The van der Waals surface area contributed by atoms with Crippen LogP contribution in [-0.4, -0.2) is 41.4 Å². The minimum Gasteiger partial charge on any atom is -0.328 e. The van der Waals surface area contributed by atoms with Gasteiger partial charge in [-0.2, -0.15) is 0 Å². The van der Waals surface area contributed by atoms with E-state index in [0.29, 0.717) is 12.5 Å². The third-order valence-corrected chi connectivity index (χ3v) is 1.42.